The van der Waals surface area contributed by atoms with Gasteiger partial charge in [0.25, 0.3) is 0 Å². The number of amides is 2. The Labute approximate surface area is 132 Å². The summed E-state index contributed by atoms with van der Waals surface area (Å²) < 4.78 is 0. The van der Waals surface area contributed by atoms with Gasteiger partial charge in [0.05, 0.1) is 5.92 Å². The highest BCUT2D eigenvalue weighted by Crippen LogP contribution is 2.17. The van der Waals surface area contributed by atoms with Crippen LogP contribution in [-0.4, -0.2) is 29.8 Å². The second kappa shape index (κ2) is 7.78. The van der Waals surface area contributed by atoms with Gasteiger partial charge in [0, 0.05) is 19.2 Å². The molecule has 0 aliphatic carbocycles. The molecule has 0 spiro atoms. The van der Waals surface area contributed by atoms with Crippen molar-refractivity contribution in [2.45, 2.75) is 32.6 Å². The number of primary amides is 1. The van der Waals surface area contributed by atoms with E-state index >= 15 is 0 Å². The standard InChI is InChI=1S/C18H24N2O2/c1-14(9-10-15-6-3-2-4-7-15)12-17(21)20-11-5-8-16(13-20)18(19)22/h2-4,6-7,12,16H,5,8-11,13H2,1H3,(H2,19,22)/b14-12+/t16-/m0/s1. The zero-order valence-corrected chi connectivity index (χ0v) is 13.1. The molecule has 1 aromatic rings. The van der Waals surface area contributed by atoms with E-state index in [4.69, 9.17) is 5.73 Å². The van der Waals surface area contributed by atoms with E-state index in [0.717, 1.165) is 31.3 Å². The lowest BCUT2D eigenvalue weighted by molar-refractivity contribution is -0.130. The first kappa shape index (κ1) is 16.3. The minimum atomic E-state index is -0.303. The topological polar surface area (TPSA) is 63.4 Å². The van der Waals surface area contributed by atoms with Crippen molar-refractivity contribution >= 4 is 11.8 Å². The lowest BCUT2D eigenvalue weighted by atomic mass is 9.97. The summed E-state index contributed by atoms with van der Waals surface area (Å²) in [4.78, 5) is 25.3. The Balaban J connectivity index is 1.87. The van der Waals surface area contributed by atoms with Gasteiger partial charge in [-0.05, 0) is 38.2 Å². The molecule has 0 radical (unpaired) electrons. The largest absolute Gasteiger partial charge is 0.369 e. The highest BCUT2D eigenvalue weighted by Gasteiger charge is 2.25. The van der Waals surface area contributed by atoms with Crippen LogP contribution in [0.5, 0.6) is 0 Å². The van der Waals surface area contributed by atoms with Crippen molar-refractivity contribution in [3.05, 3.63) is 47.5 Å². The summed E-state index contributed by atoms with van der Waals surface area (Å²) in [7, 11) is 0. The molecule has 2 amide bonds. The van der Waals surface area contributed by atoms with Crippen molar-refractivity contribution in [1.29, 1.82) is 0 Å². The Bertz CT molecular complexity index is 551. The van der Waals surface area contributed by atoms with Gasteiger partial charge in [-0.2, -0.15) is 0 Å². The highest BCUT2D eigenvalue weighted by atomic mass is 16.2. The first-order valence-electron chi connectivity index (χ1n) is 7.85. The average molecular weight is 300 g/mol. The molecular weight excluding hydrogens is 276 g/mol. The van der Waals surface area contributed by atoms with Crippen LogP contribution in [0.1, 0.15) is 31.7 Å². The van der Waals surface area contributed by atoms with E-state index in [0.29, 0.717) is 13.1 Å². The Morgan fingerprint density at radius 3 is 2.73 bits per heavy atom. The maximum atomic E-state index is 12.3. The summed E-state index contributed by atoms with van der Waals surface area (Å²) in [5.74, 6) is -0.505. The second-order valence-electron chi connectivity index (χ2n) is 6.00. The summed E-state index contributed by atoms with van der Waals surface area (Å²) >= 11 is 0. The van der Waals surface area contributed by atoms with Crippen LogP contribution in [0, 0.1) is 5.92 Å². The number of piperidine rings is 1. The Morgan fingerprint density at radius 1 is 1.32 bits per heavy atom. The number of benzene rings is 1. The molecule has 4 nitrogen and oxygen atoms in total. The summed E-state index contributed by atoms with van der Waals surface area (Å²) in [6, 6.07) is 10.2. The zero-order valence-electron chi connectivity index (χ0n) is 13.1. The van der Waals surface area contributed by atoms with Crippen molar-refractivity contribution in [2.24, 2.45) is 11.7 Å². The summed E-state index contributed by atoms with van der Waals surface area (Å²) in [5, 5.41) is 0. The predicted octanol–water partition coefficient (Wildman–Crippen LogP) is 2.29. The van der Waals surface area contributed by atoms with Gasteiger partial charge in [-0.15, -0.1) is 0 Å². The fourth-order valence-electron chi connectivity index (χ4n) is 2.77. The molecule has 1 aromatic carbocycles. The van der Waals surface area contributed by atoms with Crippen molar-refractivity contribution in [2.75, 3.05) is 13.1 Å². The number of nitrogens with two attached hydrogens (primary N) is 1. The molecule has 0 unspecified atom stereocenters. The number of likely N-dealkylation sites (tertiary alicyclic amines) is 1. The summed E-state index contributed by atoms with van der Waals surface area (Å²) in [6.07, 6.45) is 5.13. The maximum Gasteiger partial charge on any atom is 0.246 e. The minimum absolute atomic E-state index is 0.00323. The number of aryl methyl sites for hydroxylation is 1. The van der Waals surface area contributed by atoms with Gasteiger partial charge in [0.15, 0.2) is 0 Å². The predicted molar refractivity (Wildman–Crippen MR) is 87.0 cm³/mol. The fourth-order valence-corrected chi connectivity index (χ4v) is 2.77. The van der Waals surface area contributed by atoms with Crippen LogP contribution in [0.4, 0.5) is 0 Å². The monoisotopic (exact) mass is 300 g/mol. The van der Waals surface area contributed by atoms with Crippen LogP contribution >= 0.6 is 0 Å². The van der Waals surface area contributed by atoms with E-state index in [9.17, 15) is 9.59 Å². The molecule has 1 aliphatic rings. The number of carbonyl (C=O) groups excluding carboxylic acids is 2. The molecule has 1 atom stereocenters. The van der Waals surface area contributed by atoms with E-state index < -0.39 is 0 Å². The fraction of sp³-hybridized carbons (Fsp3) is 0.444. The third-order valence-corrected chi connectivity index (χ3v) is 4.16. The molecule has 4 heteroatoms. The van der Waals surface area contributed by atoms with Gasteiger partial charge in [0.1, 0.15) is 0 Å². The van der Waals surface area contributed by atoms with Gasteiger partial charge >= 0.3 is 0 Å². The van der Waals surface area contributed by atoms with E-state index in [1.807, 2.05) is 25.1 Å². The average Bonchev–Trinajstić information content (AvgIpc) is 2.54. The smallest absolute Gasteiger partial charge is 0.246 e. The number of allylic oxidation sites excluding steroid dienone is 1. The molecule has 1 fully saturated rings. The first-order valence-corrected chi connectivity index (χ1v) is 7.85. The SMILES string of the molecule is C/C(=C\C(=O)N1CCC[C@H](C(N)=O)C1)CCc1ccccc1. The third-order valence-electron chi connectivity index (χ3n) is 4.16. The molecule has 2 rings (SSSR count). The molecule has 0 saturated carbocycles. The first-order chi connectivity index (χ1) is 10.6. The van der Waals surface area contributed by atoms with Crippen molar-refractivity contribution in [3.63, 3.8) is 0 Å². The lowest BCUT2D eigenvalue weighted by Crippen LogP contribution is -2.43. The van der Waals surface area contributed by atoms with Crippen LogP contribution in [0.25, 0.3) is 0 Å². The quantitative estimate of drug-likeness (QED) is 0.848. The normalized spacial score (nSPS) is 19.0. The second-order valence-corrected chi connectivity index (χ2v) is 6.00. The van der Waals surface area contributed by atoms with Crippen LogP contribution in [0.2, 0.25) is 0 Å². The number of nitrogens with zero attached hydrogens (tertiary/aromatic N) is 1. The Kier molecular flexibility index (Phi) is 5.75. The lowest BCUT2D eigenvalue weighted by Gasteiger charge is -2.30. The van der Waals surface area contributed by atoms with Gasteiger partial charge in [-0.1, -0.05) is 35.9 Å². The molecule has 118 valence electrons. The van der Waals surface area contributed by atoms with Crippen molar-refractivity contribution in [1.82, 2.24) is 4.90 Å². The molecule has 0 aromatic heterocycles. The number of hydrogen-bond acceptors (Lipinski definition) is 2. The van der Waals surface area contributed by atoms with E-state index in [1.165, 1.54) is 5.56 Å². The summed E-state index contributed by atoms with van der Waals surface area (Å²) in [6.45, 7) is 3.15. The van der Waals surface area contributed by atoms with Crippen LogP contribution in [-0.2, 0) is 16.0 Å². The highest BCUT2D eigenvalue weighted by molar-refractivity contribution is 5.89. The molecule has 1 heterocycles. The summed E-state index contributed by atoms with van der Waals surface area (Å²) in [5.41, 5.74) is 7.69. The van der Waals surface area contributed by atoms with Crippen LogP contribution in [0.3, 0.4) is 0 Å². The van der Waals surface area contributed by atoms with E-state index in [-0.39, 0.29) is 17.7 Å². The third kappa shape index (κ3) is 4.72. The Morgan fingerprint density at radius 2 is 2.05 bits per heavy atom. The minimum Gasteiger partial charge on any atom is -0.369 e. The van der Waals surface area contributed by atoms with Gasteiger partial charge < -0.3 is 10.6 Å². The maximum absolute atomic E-state index is 12.3. The molecule has 22 heavy (non-hydrogen) atoms. The van der Waals surface area contributed by atoms with Crippen molar-refractivity contribution < 1.29 is 9.59 Å². The number of carbonyl (C=O) groups is 2. The van der Waals surface area contributed by atoms with Crippen LogP contribution in [0.15, 0.2) is 42.0 Å². The zero-order chi connectivity index (χ0) is 15.9. The number of hydrogen-bond donors (Lipinski definition) is 1. The van der Waals surface area contributed by atoms with E-state index in [2.05, 4.69) is 12.1 Å². The Hall–Kier alpha value is -2.10. The van der Waals surface area contributed by atoms with E-state index in [1.54, 1.807) is 11.0 Å². The molecule has 1 aliphatic heterocycles. The molecule has 0 bridgehead atoms. The van der Waals surface area contributed by atoms with Crippen LogP contribution < -0.4 is 5.73 Å². The van der Waals surface area contributed by atoms with Gasteiger partial charge in [-0.25, -0.2) is 0 Å². The van der Waals surface area contributed by atoms with Gasteiger partial charge in [-0.3, -0.25) is 9.59 Å². The number of rotatable bonds is 5. The molecule has 1 saturated heterocycles. The van der Waals surface area contributed by atoms with Crippen molar-refractivity contribution in [3.8, 4) is 0 Å². The van der Waals surface area contributed by atoms with Gasteiger partial charge in [0.2, 0.25) is 11.8 Å². The molecule has 2 N–H and O–H groups in total. The molecular formula is C18H24N2O2.